The molecule has 0 radical (unpaired) electrons. The molecule has 0 aliphatic heterocycles. The molecule has 0 atom stereocenters. The number of aromatic nitrogens is 4. The van der Waals surface area contributed by atoms with E-state index < -0.39 is 5.54 Å². The average molecular weight is 460 g/mol. The van der Waals surface area contributed by atoms with Crippen LogP contribution in [0.15, 0.2) is 48.7 Å². The third kappa shape index (κ3) is 4.55. The van der Waals surface area contributed by atoms with E-state index in [2.05, 4.69) is 21.4 Å². The summed E-state index contributed by atoms with van der Waals surface area (Å²) < 4.78 is 1.61. The van der Waals surface area contributed by atoms with Crippen LogP contribution in [0.5, 0.6) is 0 Å². The summed E-state index contributed by atoms with van der Waals surface area (Å²) in [6.07, 6.45) is 1.68. The Labute approximate surface area is 196 Å². The molecule has 8 nitrogen and oxygen atoms in total. The van der Waals surface area contributed by atoms with Crippen LogP contribution in [-0.4, -0.2) is 37.6 Å². The number of pyridine rings is 1. The fourth-order valence-electron chi connectivity index (χ4n) is 3.45. The molecule has 4 aromatic rings. The van der Waals surface area contributed by atoms with E-state index in [9.17, 15) is 10.1 Å². The molecule has 1 aromatic carbocycles. The van der Waals surface area contributed by atoms with Crippen molar-refractivity contribution in [1.82, 2.24) is 24.9 Å². The summed E-state index contributed by atoms with van der Waals surface area (Å²) in [6.45, 7) is 5.82. The fourth-order valence-corrected chi connectivity index (χ4v) is 3.71. The normalized spacial score (nSPS) is 11.4. The molecule has 0 fully saturated rings. The van der Waals surface area contributed by atoms with Crippen LogP contribution >= 0.6 is 11.6 Å². The molecule has 0 unspecified atom stereocenters. The van der Waals surface area contributed by atoms with Crippen molar-refractivity contribution < 1.29 is 4.79 Å². The van der Waals surface area contributed by atoms with E-state index in [0.29, 0.717) is 27.6 Å². The molecule has 166 valence electrons. The van der Waals surface area contributed by atoms with Crippen LogP contribution in [-0.2, 0) is 0 Å². The SMILES string of the molecule is Cc1cc(-c2c(-c3cccc(C#N)c3)nn3ccc(C(=O)NC(C)(C)CN)nc23)cc(Cl)n1. The molecule has 1 amide bonds. The first-order chi connectivity index (χ1) is 15.7. The van der Waals surface area contributed by atoms with Crippen LogP contribution in [0.2, 0.25) is 5.15 Å². The smallest absolute Gasteiger partial charge is 0.270 e. The van der Waals surface area contributed by atoms with Crippen LogP contribution in [0.1, 0.15) is 35.6 Å². The fraction of sp³-hybridized carbons (Fsp3) is 0.208. The van der Waals surface area contributed by atoms with E-state index in [1.165, 1.54) is 0 Å². The molecular formula is C24H22ClN7O. The van der Waals surface area contributed by atoms with Crippen molar-refractivity contribution in [1.29, 1.82) is 5.26 Å². The van der Waals surface area contributed by atoms with Gasteiger partial charge in [0, 0.05) is 29.5 Å². The molecule has 3 N–H and O–H groups in total. The topological polar surface area (TPSA) is 122 Å². The van der Waals surface area contributed by atoms with Gasteiger partial charge < -0.3 is 11.1 Å². The summed E-state index contributed by atoms with van der Waals surface area (Å²) in [4.78, 5) is 21.7. The predicted octanol–water partition coefficient (Wildman–Crippen LogP) is 3.76. The summed E-state index contributed by atoms with van der Waals surface area (Å²) in [5, 5.41) is 17.3. The summed E-state index contributed by atoms with van der Waals surface area (Å²) in [6, 6.07) is 14.5. The van der Waals surface area contributed by atoms with Gasteiger partial charge in [0.15, 0.2) is 5.65 Å². The predicted molar refractivity (Wildman–Crippen MR) is 127 cm³/mol. The number of nitriles is 1. The number of halogens is 1. The molecule has 3 heterocycles. The molecule has 4 rings (SSSR count). The van der Waals surface area contributed by atoms with E-state index in [-0.39, 0.29) is 18.1 Å². The maximum atomic E-state index is 12.9. The first-order valence-corrected chi connectivity index (χ1v) is 10.7. The molecule has 0 saturated heterocycles. The van der Waals surface area contributed by atoms with E-state index in [1.807, 2.05) is 32.9 Å². The number of carbonyl (C=O) groups is 1. The lowest BCUT2D eigenvalue weighted by molar-refractivity contribution is 0.0910. The van der Waals surface area contributed by atoms with Crippen LogP contribution in [0, 0.1) is 18.3 Å². The van der Waals surface area contributed by atoms with Gasteiger partial charge in [0.2, 0.25) is 0 Å². The second kappa shape index (κ2) is 8.62. The molecule has 9 heteroatoms. The second-order valence-corrected chi connectivity index (χ2v) is 8.75. The van der Waals surface area contributed by atoms with Gasteiger partial charge >= 0.3 is 0 Å². The van der Waals surface area contributed by atoms with Crippen LogP contribution < -0.4 is 11.1 Å². The Morgan fingerprint density at radius 1 is 1.21 bits per heavy atom. The van der Waals surface area contributed by atoms with Crippen LogP contribution in [0.4, 0.5) is 0 Å². The summed E-state index contributed by atoms with van der Waals surface area (Å²) in [7, 11) is 0. The average Bonchev–Trinajstić information content (AvgIpc) is 3.17. The standard InChI is InChI=1S/C24H22ClN7O/c1-14-9-17(11-19(25)28-14)20-21(16-6-4-5-15(10-16)12-26)31-32-8-7-18(29-22(20)32)23(33)30-24(2,3)13-27/h4-11H,13,27H2,1-3H3,(H,30,33). The van der Waals surface area contributed by atoms with Gasteiger partial charge in [-0.2, -0.15) is 10.4 Å². The minimum absolute atomic E-state index is 0.236. The highest BCUT2D eigenvalue weighted by molar-refractivity contribution is 6.29. The first kappa shape index (κ1) is 22.4. The van der Waals surface area contributed by atoms with E-state index >= 15 is 0 Å². The third-order valence-corrected chi connectivity index (χ3v) is 5.35. The zero-order valence-electron chi connectivity index (χ0n) is 18.4. The highest BCUT2D eigenvalue weighted by atomic mass is 35.5. The second-order valence-electron chi connectivity index (χ2n) is 8.36. The number of nitrogens with two attached hydrogens (primary N) is 1. The maximum Gasteiger partial charge on any atom is 0.270 e. The first-order valence-electron chi connectivity index (χ1n) is 10.3. The van der Waals surface area contributed by atoms with Gasteiger partial charge in [0.25, 0.3) is 5.91 Å². The lowest BCUT2D eigenvalue weighted by Gasteiger charge is -2.23. The molecule has 0 bridgehead atoms. The number of benzene rings is 1. The molecular weight excluding hydrogens is 438 g/mol. The van der Waals surface area contributed by atoms with Crippen molar-refractivity contribution >= 4 is 23.2 Å². The molecule has 0 aliphatic carbocycles. The Bertz CT molecular complexity index is 1400. The number of fused-ring (bicyclic) bond motifs is 1. The Morgan fingerprint density at radius 2 is 2.00 bits per heavy atom. The Balaban J connectivity index is 1.96. The van der Waals surface area contributed by atoms with Crippen molar-refractivity contribution in [2.75, 3.05) is 6.54 Å². The lowest BCUT2D eigenvalue weighted by atomic mass is 10.00. The molecule has 0 spiro atoms. The number of rotatable bonds is 5. The minimum atomic E-state index is -0.577. The van der Waals surface area contributed by atoms with Crippen LogP contribution in [0.3, 0.4) is 0 Å². The van der Waals surface area contributed by atoms with Gasteiger partial charge in [-0.1, -0.05) is 23.7 Å². The molecule has 0 saturated carbocycles. The summed E-state index contributed by atoms with van der Waals surface area (Å²) in [5.41, 5.74) is 9.93. The van der Waals surface area contributed by atoms with Crippen molar-refractivity contribution in [2.24, 2.45) is 5.73 Å². The van der Waals surface area contributed by atoms with Gasteiger partial charge in [0.05, 0.1) is 17.2 Å². The van der Waals surface area contributed by atoms with Crippen molar-refractivity contribution in [2.45, 2.75) is 26.3 Å². The van der Waals surface area contributed by atoms with Gasteiger partial charge in [0.1, 0.15) is 16.5 Å². The van der Waals surface area contributed by atoms with Gasteiger partial charge in [-0.15, -0.1) is 0 Å². The van der Waals surface area contributed by atoms with Gasteiger partial charge in [-0.05, 0) is 56.7 Å². The number of hydrogen-bond acceptors (Lipinski definition) is 6. The summed E-state index contributed by atoms with van der Waals surface area (Å²) >= 11 is 6.26. The van der Waals surface area contributed by atoms with E-state index in [4.69, 9.17) is 22.4 Å². The number of carbonyl (C=O) groups excluding carboxylic acids is 1. The zero-order valence-corrected chi connectivity index (χ0v) is 19.2. The number of amides is 1. The van der Waals surface area contributed by atoms with Crippen molar-refractivity contribution in [3.63, 3.8) is 0 Å². The Morgan fingerprint density at radius 3 is 2.70 bits per heavy atom. The van der Waals surface area contributed by atoms with Crippen molar-refractivity contribution in [3.8, 4) is 28.5 Å². The Hall–Kier alpha value is -3.80. The largest absolute Gasteiger partial charge is 0.345 e. The number of aryl methyl sites for hydroxylation is 1. The van der Waals surface area contributed by atoms with Crippen LogP contribution in [0.25, 0.3) is 28.0 Å². The third-order valence-electron chi connectivity index (χ3n) is 5.16. The van der Waals surface area contributed by atoms with Gasteiger partial charge in [-0.25, -0.2) is 14.5 Å². The van der Waals surface area contributed by atoms with E-state index in [0.717, 1.165) is 16.8 Å². The number of nitrogens with zero attached hydrogens (tertiary/aromatic N) is 5. The lowest BCUT2D eigenvalue weighted by Crippen LogP contribution is -2.49. The molecule has 0 aliphatic rings. The Kier molecular flexibility index (Phi) is 5.85. The highest BCUT2D eigenvalue weighted by Crippen LogP contribution is 2.36. The quantitative estimate of drug-likeness (QED) is 0.438. The van der Waals surface area contributed by atoms with Gasteiger partial charge in [-0.3, -0.25) is 4.79 Å². The minimum Gasteiger partial charge on any atom is -0.345 e. The molecule has 33 heavy (non-hydrogen) atoms. The number of hydrogen-bond donors (Lipinski definition) is 2. The summed E-state index contributed by atoms with van der Waals surface area (Å²) in [5.74, 6) is -0.336. The van der Waals surface area contributed by atoms with E-state index in [1.54, 1.807) is 41.0 Å². The zero-order chi connectivity index (χ0) is 23.8. The molecule has 3 aromatic heterocycles. The maximum absolute atomic E-state index is 12.9. The highest BCUT2D eigenvalue weighted by Gasteiger charge is 2.23. The number of nitrogens with one attached hydrogen (secondary N) is 1. The monoisotopic (exact) mass is 459 g/mol. The van der Waals surface area contributed by atoms with Crippen molar-refractivity contribution in [3.05, 3.63) is 70.8 Å².